The zero-order valence-electron chi connectivity index (χ0n) is 17.9. The van der Waals surface area contributed by atoms with Gasteiger partial charge in [-0.05, 0) is 54.2 Å². The first-order valence-electron chi connectivity index (χ1n) is 10.4. The fourth-order valence-corrected chi connectivity index (χ4v) is 3.26. The number of nitrogens with one attached hydrogen (secondary N) is 3. The summed E-state index contributed by atoms with van der Waals surface area (Å²) in [4.78, 5) is 23.4. The number of anilines is 2. The third kappa shape index (κ3) is 7.70. The van der Waals surface area contributed by atoms with Gasteiger partial charge in [0.25, 0.3) is 0 Å². The fraction of sp³-hybridized carbons (Fsp3) is 0.417. The first-order chi connectivity index (χ1) is 13.9. The minimum Gasteiger partial charge on any atom is -0.326 e. The van der Waals surface area contributed by atoms with E-state index in [-0.39, 0.29) is 24.4 Å². The van der Waals surface area contributed by atoms with E-state index in [1.165, 1.54) is 30.9 Å². The van der Waals surface area contributed by atoms with E-state index in [9.17, 15) is 9.59 Å². The Hall–Kier alpha value is -2.66. The highest BCUT2D eigenvalue weighted by molar-refractivity contribution is 5.93. The number of carbonyl (C=O) groups excluding carboxylic acids is 2. The summed E-state index contributed by atoms with van der Waals surface area (Å²) in [6, 6.07) is 15.9. The minimum atomic E-state index is -0.121. The highest BCUT2D eigenvalue weighted by Gasteiger charge is 2.16. The largest absolute Gasteiger partial charge is 0.326 e. The standard InChI is InChI=1S/C24H33N3O2/c1-5-6-7-19-8-10-20(11-9-19)24(17(2)3)25-16-23(29)27-22-14-12-21(13-15-22)26-18(4)28/h8-15,17,24-25H,5-7,16H2,1-4H3,(H,26,28)(H,27,29)/t24-/m0/s1. The molecule has 0 aliphatic rings. The molecule has 0 aliphatic heterocycles. The Kier molecular flexibility index (Phi) is 8.87. The Balaban J connectivity index is 1.90. The molecule has 1 atom stereocenters. The Morgan fingerprint density at radius 3 is 2.00 bits per heavy atom. The number of hydrogen-bond acceptors (Lipinski definition) is 3. The lowest BCUT2D eigenvalue weighted by molar-refractivity contribution is -0.116. The van der Waals surface area contributed by atoms with Crippen LogP contribution in [0.25, 0.3) is 0 Å². The van der Waals surface area contributed by atoms with Gasteiger partial charge in [0, 0.05) is 24.3 Å². The van der Waals surface area contributed by atoms with Gasteiger partial charge in [-0.3, -0.25) is 9.59 Å². The summed E-state index contributed by atoms with van der Waals surface area (Å²) in [5.41, 5.74) is 3.97. The molecule has 29 heavy (non-hydrogen) atoms. The van der Waals surface area contributed by atoms with Crippen molar-refractivity contribution in [2.24, 2.45) is 5.92 Å². The molecule has 0 bridgehead atoms. The van der Waals surface area contributed by atoms with E-state index in [2.05, 4.69) is 61.0 Å². The summed E-state index contributed by atoms with van der Waals surface area (Å²) in [6.45, 7) is 8.21. The van der Waals surface area contributed by atoms with Crippen LogP contribution in [0, 0.1) is 5.92 Å². The third-order valence-corrected chi connectivity index (χ3v) is 4.80. The van der Waals surface area contributed by atoms with Crippen molar-refractivity contribution in [3.63, 3.8) is 0 Å². The molecule has 2 aromatic rings. The molecule has 0 unspecified atom stereocenters. The van der Waals surface area contributed by atoms with Gasteiger partial charge < -0.3 is 16.0 Å². The van der Waals surface area contributed by atoms with Crippen LogP contribution in [-0.4, -0.2) is 18.4 Å². The molecule has 0 fully saturated rings. The van der Waals surface area contributed by atoms with Crippen LogP contribution in [0.5, 0.6) is 0 Å². The van der Waals surface area contributed by atoms with E-state index in [1.54, 1.807) is 24.3 Å². The molecular formula is C24H33N3O2. The molecule has 156 valence electrons. The lowest BCUT2D eigenvalue weighted by Gasteiger charge is -2.23. The maximum Gasteiger partial charge on any atom is 0.238 e. The van der Waals surface area contributed by atoms with Crippen molar-refractivity contribution in [2.45, 2.75) is 53.0 Å². The number of benzene rings is 2. The summed E-state index contributed by atoms with van der Waals surface area (Å²) in [5.74, 6) is 0.146. The van der Waals surface area contributed by atoms with Gasteiger partial charge in [0.05, 0.1) is 6.54 Å². The lowest BCUT2D eigenvalue weighted by atomic mass is 9.94. The van der Waals surface area contributed by atoms with E-state index in [4.69, 9.17) is 0 Å². The molecule has 0 aromatic heterocycles. The van der Waals surface area contributed by atoms with Gasteiger partial charge in [0.15, 0.2) is 0 Å². The molecule has 0 aliphatic carbocycles. The zero-order chi connectivity index (χ0) is 21.2. The SMILES string of the molecule is CCCCc1ccc([C@@H](NCC(=O)Nc2ccc(NC(C)=O)cc2)C(C)C)cc1. The van der Waals surface area contributed by atoms with Gasteiger partial charge in [-0.1, -0.05) is 51.5 Å². The maximum atomic E-state index is 12.4. The van der Waals surface area contributed by atoms with Crippen LogP contribution in [0.15, 0.2) is 48.5 Å². The average Bonchev–Trinajstić information content (AvgIpc) is 2.68. The maximum absolute atomic E-state index is 12.4. The molecule has 0 radical (unpaired) electrons. The first-order valence-corrected chi connectivity index (χ1v) is 10.4. The van der Waals surface area contributed by atoms with E-state index >= 15 is 0 Å². The van der Waals surface area contributed by atoms with Gasteiger partial charge in [0.1, 0.15) is 0 Å². The molecule has 5 nitrogen and oxygen atoms in total. The van der Waals surface area contributed by atoms with Crippen LogP contribution in [0.4, 0.5) is 11.4 Å². The Bertz CT molecular complexity index is 783. The smallest absolute Gasteiger partial charge is 0.238 e. The number of hydrogen-bond donors (Lipinski definition) is 3. The van der Waals surface area contributed by atoms with Crippen molar-refractivity contribution in [3.8, 4) is 0 Å². The highest BCUT2D eigenvalue weighted by atomic mass is 16.2. The van der Waals surface area contributed by atoms with Gasteiger partial charge in [0.2, 0.25) is 11.8 Å². The average molecular weight is 396 g/mol. The van der Waals surface area contributed by atoms with Crippen molar-refractivity contribution in [2.75, 3.05) is 17.2 Å². The number of amides is 2. The van der Waals surface area contributed by atoms with Crippen LogP contribution in [-0.2, 0) is 16.0 Å². The fourth-order valence-electron chi connectivity index (χ4n) is 3.26. The molecule has 2 aromatic carbocycles. The van der Waals surface area contributed by atoms with Crippen molar-refractivity contribution >= 4 is 23.2 Å². The molecule has 0 spiro atoms. The molecule has 0 saturated carbocycles. The van der Waals surface area contributed by atoms with Crippen LogP contribution >= 0.6 is 0 Å². The normalized spacial score (nSPS) is 11.9. The summed E-state index contributed by atoms with van der Waals surface area (Å²) in [5, 5.41) is 8.98. The summed E-state index contributed by atoms with van der Waals surface area (Å²) >= 11 is 0. The number of carbonyl (C=O) groups is 2. The first kappa shape index (κ1) is 22.6. The van der Waals surface area contributed by atoms with Gasteiger partial charge in [-0.25, -0.2) is 0 Å². The highest BCUT2D eigenvalue weighted by Crippen LogP contribution is 2.22. The third-order valence-electron chi connectivity index (χ3n) is 4.80. The van der Waals surface area contributed by atoms with Crippen molar-refractivity contribution in [1.82, 2.24) is 5.32 Å². The van der Waals surface area contributed by atoms with E-state index in [1.807, 2.05) is 0 Å². The molecule has 0 saturated heterocycles. The molecule has 0 heterocycles. The summed E-state index contributed by atoms with van der Waals surface area (Å²) in [6.07, 6.45) is 3.51. The lowest BCUT2D eigenvalue weighted by Crippen LogP contribution is -2.33. The molecule has 2 amide bonds. The van der Waals surface area contributed by atoms with E-state index in [0.717, 1.165) is 6.42 Å². The predicted octanol–water partition coefficient (Wildman–Crippen LogP) is 4.91. The van der Waals surface area contributed by atoms with Gasteiger partial charge in [-0.2, -0.15) is 0 Å². The van der Waals surface area contributed by atoms with Crippen LogP contribution in [0.2, 0.25) is 0 Å². The van der Waals surface area contributed by atoms with E-state index in [0.29, 0.717) is 17.3 Å². The minimum absolute atomic E-state index is 0.0949. The second-order valence-electron chi connectivity index (χ2n) is 7.75. The van der Waals surface area contributed by atoms with Crippen LogP contribution in [0.3, 0.4) is 0 Å². The predicted molar refractivity (Wildman–Crippen MR) is 120 cm³/mol. The molecular weight excluding hydrogens is 362 g/mol. The molecule has 3 N–H and O–H groups in total. The molecule has 2 rings (SSSR count). The van der Waals surface area contributed by atoms with Gasteiger partial charge >= 0.3 is 0 Å². The zero-order valence-corrected chi connectivity index (χ0v) is 17.9. The Morgan fingerprint density at radius 1 is 0.897 bits per heavy atom. The number of unbranched alkanes of at least 4 members (excludes halogenated alkanes) is 1. The van der Waals surface area contributed by atoms with Crippen molar-refractivity contribution < 1.29 is 9.59 Å². The topological polar surface area (TPSA) is 70.2 Å². The Morgan fingerprint density at radius 2 is 1.48 bits per heavy atom. The number of rotatable bonds is 10. The Labute approximate surface area is 174 Å². The number of aryl methyl sites for hydroxylation is 1. The monoisotopic (exact) mass is 395 g/mol. The van der Waals surface area contributed by atoms with Crippen LogP contribution < -0.4 is 16.0 Å². The molecule has 5 heteroatoms. The quantitative estimate of drug-likeness (QED) is 0.535. The summed E-state index contributed by atoms with van der Waals surface area (Å²) in [7, 11) is 0. The van der Waals surface area contributed by atoms with Crippen molar-refractivity contribution in [3.05, 3.63) is 59.7 Å². The van der Waals surface area contributed by atoms with Crippen molar-refractivity contribution in [1.29, 1.82) is 0 Å². The van der Waals surface area contributed by atoms with E-state index < -0.39 is 0 Å². The van der Waals surface area contributed by atoms with Gasteiger partial charge in [-0.15, -0.1) is 0 Å². The van der Waals surface area contributed by atoms with Crippen LogP contribution in [0.1, 0.15) is 57.7 Å². The second-order valence-corrected chi connectivity index (χ2v) is 7.75. The summed E-state index contributed by atoms with van der Waals surface area (Å²) < 4.78 is 0. The second kappa shape index (κ2) is 11.4.